The van der Waals surface area contributed by atoms with Crippen molar-refractivity contribution in [3.05, 3.63) is 24.0 Å². The van der Waals surface area contributed by atoms with Gasteiger partial charge in [0, 0.05) is 31.5 Å². The molecule has 0 radical (unpaired) electrons. The van der Waals surface area contributed by atoms with Crippen molar-refractivity contribution in [2.45, 2.75) is 13.0 Å². The van der Waals surface area contributed by atoms with Crippen LogP contribution in [0.3, 0.4) is 0 Å². The van der Waals surface area contributed by atoms with Gasteiger partial charge in [-0.1, -0.05) is 0 Å². The summed E-state index contributed by atoms with van der Waals surface area (Å²) >= 11 is 0. The first-order valence-corrected chi connectivity index (χ1v) is 5.46. The number of amides is 1. The van der Waals surface area contributed by atoms with Crippen LogP contribution in [0.4, 0.5) is 5.69 Å². The van der Waals surface area contributed by atoms with Crippen molar-refractivity contribution in [3.8, 4) is 0 Å². The zero-order valence-corrected chi connectivity index (χ0v) is 9.15. The molecule has 0 spiro atoms. The molecule has 0 atom stereocenters. The van der Waals surface area contributed by atoms with Crippen LogP contribution in [0.2, 0.25) is 0 Å². The Kier molecular flexibility index (Phi) is 3.36. The Morgan fingerprint density at radius 3 is 3.25 bits per heavy atom. The van der Waals surface area contributed by atoms with Gasteiger partial charge < -0.3 is 16.0 Å². The average molecular weight is 220 g/mol. The highest BCUT2D eigenvalue weighted by molar-refractivity contribution is 5.81. The Labute approximate surface area is 94.6 Å². The fourth-order valence-electron chi connectivity index (χ4n) is 1.80. The van der Waals surface area contributed by atoms with Crippen LogP contribution in [0.15, 0.2) is 18.3 Å². The summed E-state index contributed by atoms with van der Waals surface area (Å²) in [6.07, 6.45) is 2.70. The number of pyridine rings is 1. The van der Waals surface area contributed by atoms with E-state index in [4.69, 9.17) is 5.73 Å². The molecular weight excluding hydrogens is 204 g/mol. The van der Waals surface area contributed by atoms with Crippen LogP contribution in [0.1, 0.15) is 12.1 Å². The fraction of sp³-hybridized carbons (Fsp3) is 0.455. The maximum absolute atomic E-state index is 11.4. The van der Waals surface area contributed by atoms with E-state index in [1.807, 2.05) is 12.1 Å². The number of rotatable bonds is 2. The van der Waals surface area contributed by atoms with Gasteiger partial charge in [-0.3, -0.25) is 9.78 Å². The minimum absolute atomic E-state index is 0.0728. The Balaban J connectivity index is 2.17. The molecule has 1 aromatic heterocycles. The number of hydrogen-bond acceptors (Lipinski definition) is 4. The minimum atomic E-state index is 0.0728. The smallest absolute Gasteiger partial charge is 0.239 e. The van der Waals surface area contributed by atoms with Gasteiger partial charge in [-0.25, -0.2) is 0 Å². The molecule has 0 unspecified atom stereocenters. The number of aromatic nitrogens is 1. The zero-order valence-electron chi connectivity index (χ0n) is 9.15. The highest BCUT2D eigenvalue weighted by Gasteiger charge is 2.14. The molecule has 16 heavy (non-hydrogen) atoms. The van der Waals surface area contributed by atoms with Crippen LogP contribution in [0, 0.1) is 0 Å². The Morgan fingerprint density at radius 2 is 2.44 bits per heavy atom. The fourth-order valence-corrected chi connectivity index (χ4v) is 1.80. The van der Waals surface area contributed by atoms with Gasteiger partial charge >= 0.3 is 0 Å². The summed E-state index contributed by atoms with van der Waals surface area (Å²) in [6.45, 7) is 2.47. The maximum atomic E-state index is 11.4. The Bertz CT molecular complexity index is 380. The molecule has 5 nitrogen and oxygen atoms in total. The van der Waals surface area contributed by atoms with E-state index in [1.54, 1.807) is 6.20 Å². The molecule has 0 saturated carbocycles. The molecule has 1 aliphatic heterocycles. The molecule has 2 rings (SSSR count). The van der Waals surface area contributed by atoms with Crippen molar-refractivity contribution in [1.29, 1.82) is 0 Å². The predicted molar refractivity (Wildman–Crippen MR) is 62.0 cm³/mol. The zero-order chi connectivity index (χ0) is 11.4. The van der Waals surface area contributed by atoms with E-state index in [2.05, 4.69) is 15.2 Å². The Morgan fingerprint density at radius 1 is 1.56 bits per heavy atom. The lowest BCUT2D eigenvalue weighted by atomic mass is 10.2. The van der Waals surface area contributed by atoms with E-state index in [0.29, 0.717) is 13.1 Å². The number of anilines is 1. The second-order valence-electron chi connectivity index (χ2n) is 3.83. The lowest BCUT2D eigenvalue weighted by molar-refractivity contribution is -0.119. The number of nitrogens with one attached hydrogen (secondary N) is 1. The van der Waals surface area contributed by atoms with Crippen LogP contribution in [0.5, 0.6) is 0 Å². The summed E-state index contributed by atoms with van der Waals surface area (Å²) in [4.78, 5) is 17.6. The maximum Gasteiger partial charge on any atom is 0.239 e. The van der Waals surface area contributed by atoms with Crippen molar-refractivity contribution < 1.29 is 4.79 Å². The van der Waals surface area contributed by atoms with Crippen LogP contribution in [0.25, 0.3) is 0 Å². The van der Waals surface area contributed by atoms with Gasteiger partial charge in [0.05, 0.1) is 12.2 Å². The molecule has 0 aromatic carbocycles. The van der Waals surface area contributed by atoms with Crippen LogP contribution in [-0.2, 0) is 11.3 Å². The topological polar surface area (TPSA) is 71.2 Å². The van der Waals surface area contributed by atoms with Crippen molar-refractivity contribution >= 4 is 11.6 Å². The van der Waals surface area contributed by atoms with Crippen molar-refractivity contribution in [3.63, 3.8) is 0 Å². The summed E-state index contributed by atoms with van der Waals surface area (Å²) in [5, 5.41) is 2.85. The van der Waals surface area contributed by atoms with E-state index in [1.165, 1.54) is 0 Å². The van der Waals surface area contributed by atoms with E-state index in [-0.39, 0.29) is 5.91 Å². The summed E-state index contributed by atoms with van der Waals surface area (Å²) in [5.74, 6) is 0.0728. The number of carbonyl (C=O) groups excluding carboxylic acids is 1. The molecule has 1 aliphatic rings. The van der Waals surface area contributed by atoms with Gasteiger partial charge in [-0.05, 0) is 18.6 Å². The van der Waals surface area contributed by atoms with Gasteiger partial charge in [0.1, 0.15) is 0 Å². The first-order chi connectivity index (χ1) is 7.79. The highest BCUT2D eigenvalue weighted by atomic mass is 16.2. The second-order valence-corrected chi connectivity index (χ2v) is 3.83. The minimum Gasteiger partial charge on any atom is -0.362 e. The van der Waals surface area contributed by atoms with Gasteiger partial charge in [-0.2, -0.15) is 0 Å². The van der Waals surface area contributed by atoms with E-state index in [0.717, 1.165) is 30.9 Å². The monoisotopic (exact) mass is 220 g/mol. The number of nitrogens with two attached hydrogens (primary N) is 1. The number of nitrogens with zero attached hydrogens (tertiary/aromatic N) is 2. The van der Waals surface area contributed by atoms with Gasteiger partial charge in [0.15, 0.2) is 0 Å². The van der Waals surface area contributed by atoms with Crippen molar-refractivity contribution in [2.75, 3.05) is 24.5 Å². The highest BCUT2D eigenvalue weighted by Crippen LogP contribution is 2.15. The molecule has 1 amide bonds. The van der Waals surface area contributed by atoms with E-state index >= 15 is 0 Å². The summed E-state index contributed by atoms with van der Waals surface area (Å²) < 4.78 is 0. The number of hydrogen-bond donors (Lipinski definition) is 2. The lowest BCUT2D eigenvalue weighted by Crippen LogP contribution is -2.33. The molecule has 3 N–H and O–H groups in total. The van der Waals surface area contributed by atoms with Gasteiger partial charge in [0.2, 0.25) is 5.91 Å². The molecule has 1 aromatic rings. The quantitative estimate of drug-likeness (QED) is 0.728. The third kappa shape index (κ3) is 2.49. The largest absolute Gasteiger partial charge is 0.362 e. The normalized spacial score (nSPS) is 16.8. The van der Waals surface area contributed by atoms with Gasteiger partial charge in [-0.15, -0.1) is 0 Å². The van der Waals surface area contributed by atoms with Crippen LogP contribution >= 0.6 is 0 Å². The second kappa shape index (κ2) is 4.94. The molecule has 2 heterocycles. The molecule has 1 saturated heterocycles. The van der Waals surface area contributed by atoms with E-state index in [9.17, 15) is 4.79 Å². The first kappa shape index (κ1) is 10.9. The van der Waals surface area contributed by atoms with E-state index < -0.39 is 0 Å². The average Bonchev–Trinajstić information content (AvgIpc) is 2.54. The first-order valence-electron chi connectivity index (χ1n) is 5.46. The molecule has 86 valence electrons. The molecule has 1 fully saturated rings. The van der Waals surface area contributed by atoms with Gasteiger partial charge in [0.25, 0.3) is 0 Å². The summed E-state index contributed by atoms with van der Waals surface area (Å²) in [6, 6.07) is 3.86. The Hall–Kier alpha value is -1.62. The molecule has 0 aliphatic carbocycles. The molecule has 0 bridgehead atoms. The van der Waals surface area contributed by atoms with Crippen LogP contribution in [-0.4, -0.2) is 30.5 Å². The number of carbonyl (C=O) groups is 1. The third-order valence-electron chi connectivity index (χ3n) is 2.64. The molecular formula is C11H16N4O. The lowest BCUT2D eigenvalue weighted by Gasteiger charge is -2.21. The van der Waals surface area contributed by atoms with Crippen molar-refractivity contribution in [2.24, 2.45) is 5.73 Å². The van der Waals surface area contributed by atoms with Crippen molar-refractivity contribution in [1.82, 2.24) is 10.3 Å². The standard InChI is InChI=1S/C11H16N4O/c12-7-9-6-10(2-4-13-9)15-5-1-3-14-11(16)8-15/h2,4,6H,1,3,5,7-8,12H2,(H,14,16). The van der Waals surface area contributed by atoms with Crippen LogP contribution < -0.4 is 16.0 Å². The molecule has 5 heteroatoms. The predicted octanol–water partition coefficient (Wildman–Crippen LogP) is -0.133. The SMILES string of the molecule is NCc1cc(N2CCCNC(=O)C2)ccn1. The summed E-state index contributed by atoms with van der Waals surface area (Å²) in [7, 11) is 0. The third-order valence-corrected chi connectivity index (χ3v) is 2.64. The summed E-state index contributed by atoms with van der Waals surface area (Å²) in [5.41, 5.74) is 7.42.